The van der Waals surface area contributed by atoms with E-state index in [2.05, 4.69) is 30.6 Å². The summed E-state index contributed by atoms with van der Waals surface area (Å²) in [5.41, 5.74) is 0. The van der Waals surface area contributed by atoms with E-state index in [1.165, 1.54) is 19.0 Å². The first-order valence-electron chi connectivity index (χ1n) is 6.66. The van der Waals surface area contributed by atoms with E-state index in [-0.39, 0.29) is 5.03 Å². The molecule has 2 unspecified atom stereocenters. The third-order valence-corrected chi connectivity index (χ3v) is 5.94. The van der Waals surface area contributed by atoms with Crippen LogP contribution in [0.4, 0.5) is 0 Å². The number of hydrogen-bond acceptors (Lipinski definition) is 3. The minimum atomic E-state index is -3.45. The minimum Gasteiger partial charge on any atom is -0.332 e. The summed E-state index contributed by atoms with van der Waals surface area (Å²) in [4.78, 5) is 6.86. The van der Waals surface area contributed by atoms with Crippen molar-refractivity contribution in [2.45, 2.75) is 37.6 Å². The molecule has 19 heavy (non-hydrogen) atoms. The van der Waals surface area contributed by atoms with Gasteiger partial charge >= 0.3 is 0 Å². The zero-order chi connectivity index (χ0) is 13.9. The van der Waals surface area contributed by atoms with Crippen molar-refractivity contribution in [2.75, 3.05) is 11.9 Å². The van der Waals surface area contributed by atoms with E-state index < -0.39 is 10.0 Å². The summed E-state index contributed by atoms with van der Waals surface area (Å²) < 4.78 is 26.9. The lowest BCUT2D eigenvalue weighted by atomic mass is 9.99. The molecule has 0 amide bonds. The molecule has 1 aliphatic carbocycles. The summed E-state index contributed by atoms with van der Waals surface area (Å²) in [7, 11) is -3.45. The first-order valence-corrected chi connectivity index (χ1v) is 9.26. The van der Waals surface area contributed by atoms with Gasteiger partial charge in [0.05, 0.1) is 6.20 Å². The molecule has 1 heterocycles. The van der Waals surface area contributed by atoms with Crippen molar-refractivity contribution in [1.29, 1.82) is 0 Å². The van der Waals surface area contributed by atoms with Crippen molar-refractivity contribution in [1.82, 2.24) is 14.7 Å². The Labute approximate surface area is 122 Å². The van der Waals surface area contributed by atoms with E-state index in [9.17, 15) is 8.42 Å². The van der Waals surface area contributed by atoms with Crippen LogP contribution in [-0.4, -0.2) is 30.3 Å². The molecule has 1 aliphatic rings. The molecule has 0 saturated heterocycles. The molecule has 2 rings (SSSR count). The summed E-state index contributed by atoms with van der Waals surface area (Å²) in [6, 6.07) is 0. The molecular formula is C12H20BrN3O2S. The molecule has 2 atom stereocenters. The Morgan fingerprint density at radius 3 is 2.84 bits per heavy atom. The second-order valence-electron chi connectivity index (χ2n) is 5.00. The number of alkyl halides is 1. The second-order valence-corrected chi connectivity index (χ2v) is 7.39. The van der Waals surface area contributed by atoms with Crippen molar-refractivity contribution >= 4 is 26.0 Å². The lowest BCUT2D eigenvalue weighted by Crippen LogP contribution is -2.31. The number of H-pyrrole nitrogens is 1. The highest BCUT2D eigenvalue weighted by molar-refractivity contribution is 9.09. The molecular weight excluding hydrogens is 330 g/mol. The summed E-state index contributed by atoms with van der Waals surface area (Å²) >= 11 is 3.50. The van der Waals surface area contributed by atoms with Gasteiger partial charge in [-0.1, -0.05) is 29.3 Å². The van der Waals surface area contributed by atoms with Gasteiger partial charge < -0.3 is 4.98 Å². The highest BCUT2D eigenvalue weighted by Crippen LogP contribution is 2.32. The molecule has 7 heteroatoms. The molecule has 0 bridgehead atoms. The molecule has 0 spiro atoms. The number of hydrogen-bond donors (Lipinski definition) is 2. The number of nitrogens with zero attached hydrogens (tertiary/aromatic N) is 1. The van der Waals surface area contributed by atoms with Gasteiger partial charge in [0, 0.05) is 18.3 Å². The quantitative estimate of drug-likeness (QED) is 0.772. The average Bonchev–Trinajstić information content (AvgIpc) is 3.05. The van der Waals surface area contributed by atoms with E-state index in [0.717, 1.165) is 11.8 Å². The van der Waals surface area contributed by atoms with Crippen LogP contribution < -0.4 is 4.72 Å². The molecule has 2 N–H and O–H groups in total. The predicted octanol–water partition coefficient (Wildman–Crippen LogP) is 2.06. The van der Waals surface area contributed by atoms with Gasteiger partial charge in [0.1, 0.15) is 5.82 Å². The second kappa shape index (κ2) is 6.37. The number of nitrogens with one attached hydrogen (secondary N) is 2. The van der Waals surface area contributed by atoms with Crippen LogP contribution in [-0.2, 0) is 16.4 Å². The summed E-state index contributed by atoms with van der Waals surface area (Å²) in [5.74, 6) is 1.71. The maximum atomic E-state index is 12.1. The van der Waals surface area contributed by atoms with E-state index in [0.29, 0.717) is 30.6 Å². The molecule has 1 saturated carbocycles. The molecule has 1 aromatic heterocycles. The van der Waals surface area contributed by atoms with E-state index >= 15 is 0 Å². The predicted molar refractivity (Wildman–Crippen MR) is 77.8 cm³/mol. The van der Waals surface area contributed by atoms with Gasteiger partial charge in [-0.15, -0.1) is 0 Å². The number of sulfonamides is 1. The molecule has 1 fully saturated rings. The van der Waals surface area contributed by atoms with Gasteiger partial charge in [-0.05, 0) is 24.7 Å². The van der Waals surface area contributed by atoms with Gasteiger partial charge in [-0.2, -0.15) is 0 Å². The fourth-order valence-electron chi connectivity index (χ4n) is 2.54. The number of halogens is 1. The first kappa shape index (κ1) is 15.0. The van der Waals surface area contributed by atoms with E-state index in [1.807, 2.05) is 6.92 Å². The maximum Gasteiger partial charge on any atom is 0.257 e. The average molecular weight is 350 g/mol. The van der Waals surface area contributed by atoms with Crippen molar-refractivity contribution in [3.05, 3.63) is 12.0 Å². The lowest BCUT2D eigenvalue weighted by molar-refractivity contribution is 0.422. The van der Waals surface area contributed by atoms with Crippen LogP contribution in [0.1, 0.15) is 32.0 Å². The fraction of sp³-hybridized carbons (Fsp3) is 0.750. The molecule has 108 valence electrons. The van der Waals surface area contributed by atoms with Crippen LogP contribution in [0, 0.1) is 11.8 Å². The Hall–Kier alpha value is -0.400. The van der Waals surface area contributed by atoms with Crippen molar-refractivity contribution in [3.63, 3.8) is 0 Å². The van der Waals surface area contributed by atoms with Crippen LogP contribution >= 0.6 is 15.9 Å². The Morgan fingerprint density at radius 2 is 2.21 bits per heavy atom. The van der Waals surface area contributed by atoms with Crippen LogP contribution in [0.25, 0.3) is 0 Å². The van der Waals surface area contributed by atoms with Crippen LogP contribution in [0.5, 0.6) is 0 Å². The standard InChI is InChI=1S/C12H20BrN3O2S/c1-2-11-14-8-12(16-11)19(17,18)15-7-10-5-3-4-9(10)6-13/h8-10,15H,2-7H2,1H3,(H,14,16). The SMILES string of the molecule is CCc1ncc(S(=O)(=O)NCC2CCCC2CBr)[nH]1. The fourth-order valence-corrected chi connectivity index (χ4v) is 4.42. The van der Waals surface area contributed by atoms with Gasteiger partial charge in [0.15, 0.2) is 5.03 Å². The van der Waals surface area contributed by atoms with Gasteiger partial charge in [0.2, 0.25) is 0 Å². The molecule has 0 aliphatic heterocycles. The van der Waals surface area contributed by atoms with Gasteiger partial charge in [-0.25, -0.2) is 18.1 Å². The highest BCUT2D eigenvalue weighted by Gasteiger charge is 2.28. The zero-order valence-electron chi connectivity index (χ0n) is 11.0. The summed E-state index contributed by atoms with van der Waals surface area (Å²) in [6.45, 7) is 2.45. The number of aromatic nitrogens is 2. The monoisotopic (exact) mass is 349 g/mol. The number of rotatable bonds is 6. The highest BCUT2D eigenvalue weighted by atomic mass is 79.9. The lowest BCUT2D eigenvalue weighted by Gasteiger charge is -2.17. The molecule has 0 radical (unpaired) electrons. The number of imidazole rings is 1. The summed E-state index contributed by atoms with van der Waals surface area (Å²) in [5, 5.41) is 1.11. The van der Waals surface area contributed by atoms with Crippen LogP contribution in [0.3, 0.4) is 0 Å². The number of aromatic amines is 1. The topological polar surface area (TPSA) is 74.8 Å². The molecule has 5 nitrogen and oxygen atoms in total. The maximum absolute atomic E-state index is 12.1. The van der Waals surface area contributed by atoms with Gasteiger partial charge in [-0.3, -0.25) is 0 Å². The third-order valence-electron chi connectivity index (χ3n) is 3.78. The van der Waals surface area contributed by atoms with Crippen LogP contribution in [0.15, 0.2) is 11.2 Å². The molecule has 0 aromatic carbocycles. The van der Waals surface area contributed by atoms with Crippen LogP contribution in [0.2, 0.25) is 0 Å². The van der Waals surface area contributed by atoms with Crippen molar-refractivity contribution in [3.8, 4) is 0 Å². The Bertz CT molecular complexity index is 515. The van der Waals surface area contributed by atoms with Crippen molar-refractivity contribution < 1.29 is 8.42 Å². The smallest absolute Gasteiger partial charge is 0.257 e. The van der Waals surface area contributed by atoms with E-state index in [1.54, 1.807) is 0 Å². The Morgan fingerprint density at radius 1 is 1.47 bits per heavy atom. The summed E-state index contributed by atoms with van der Waals surface area (Å²) in [6.07, 6.45) is 5.55. The van der Waals surface area contributed by atoms with Crippen molar-refractivity contribution in [2.24, 2.45) is 11.8 Å². The Balaban J connectivity index is 1.97. The third kappa shape index (κ3) is 3.58. The number of aryl methyl sites for hydroxylation is 1. The minimum absolute atomic E-state index is 0.165. The zero-order valence-corrected chi connectivity index (χ0v) is 13.4. The Kier molecular flexibility index (Phi) is 5.03. The largest absolute Gasteiger partial charge is 0.332 e. The normalized spacial score (nSPS) is 23.9. The van der Waals surface area contributed by atoms with E-state index in [4.69, 9.17) is 0 Å². The van der Waals surface area contributed by atoms with Gasteiger partial charge in [0.25, 0.3) is 10.0 Å². The molecule has 1 aromatic rings. The first-order chi connectivity index (χ1) is 9.06.